The molecule has 0 aromatic heterocycles. The average Bonchev–Trinajstić information content (AvgIpc) is 2.06. The zero-order chi connectivity index (χ0) is 8.81. The van der Waals surface area contributed by atoms with Gasteiger partial charge >= 0.3 is 0 Å². The minimum Gasteiger partial charge on any atom is -0.379 e. The standard InChI is InChI=1S/C8H16N2O2/c1-8(6-9-11)7-10-2-4-12-5-3-10/h8H,2-7H2,1H3. The Bertz CT molecular complexity index is 135. The molecule has 0 aromatic carbocycles. The molecule has 0 radical (unpaired) electrons. The van der Waals surface area contributed by atoms with Crippen molar-refractivity contribution in [3.8, 4) is 0 Å². The molecular formula is C8H16N2O2. The number of morpholine rings is 1. The van der Waals surface area contributed by atoms with E-state index in [2.05, 4.69) is 17.0 Å². The lowest BCUT2D eigenvalue weighted by Crippen LogP contribution is -2.39. The summed E-state index contributed by atoms with van der Waals surface area (Å²) in [6, 6.07) is 0. The lowest BCUT2D eigenvalue weighted by molar-refractivity contribution is 0.0323. The summed E-state index contributed by atoms with van der Waals surface area (Å²) >= 11 is 0. The van der Waals surface area contributed by atoms with Crippen molar-refractivity contribution in [2.75, 3.05) is 39.4 Å². The van der Waals surface area contributed by atoms with E-state index in [0.29, 0.717) is 12.5 Å². The van der Waals surface area contributed by atoms with E-state index in [1.165, 1.54) is 0 Å². The molecule has 1 heterocycles. The molecule has 0 bridgehead atoms. The van der Waals surface area contributed by atoms with Crippen LogP contribution >= 0.6 is 0 Å². The lowest BCUT2D eigenvalue weighted by atomic mass is 10.1. The Labute approximate surface area is 72.9 Å². The molecule has 1 fully saturated rings. The Hall–Kier alpha value is -0.480. The van der Waals surface area contributed by atoms with Crippen LogP contribution in [0.3, 0.4) is 0 Å². The molecule has 0 spiro atoms. The number of nitroso groups, excluding NO2 is 1. The molecular weight excluding hydrogens is 156 g/mol. The first kappa shape index (κ1) is 9.61. The highest BCUT2D eigenvalue weighted by Crippen LogP contribution is 2.03. The molecule has 1 unspecified atom stereocenters. The van der Waals surface area contributed by atoms with E-state index in [-0.39, 0.29) is 0 Å². The Morgan fingerprint density at radius 2 is 2.17 bits per heavy atom. The third-order valence-corrected chi connectivity index (χ3v) is 2.06. The summed E-state index contributed by atoms with van der Waals surface area (Å²) in [6.45, 7) is 7.07. The van der Waals surface area contributed by atoms with Gasteiger partial charge in [-0.05, 0) is 5.92 Å². The first-order valence-corrected chi connectivity index (χ1v) is 4.42. The summed E-state index contributed by atoms with van der Waals surface area (Å²) < 4.78 is 5.21. The van der Waals surface area contributed by atoms with Crippen molar-refractivity contribution in [2.45, 2.75) is 6.92 Å². The van der Waals surface area contributed by atoms with Crippen LogP contribution in [0.2, 0.25) is 0 Å². The van der Waals surface area contributed by atoms with Gasteiger partial charge in [0.05, 0.1) is 19.8 Å². The van der Waals surface area contributed by atoms with Crippen molar-refractivity contribution in [1.29, 1.82) is 0 Å². The number of hydrogen-bond donors (Lipinski definition) is 0. The molecule has 0 aromatic rings. The van der Waals surface area contributed by atoms with Gasteiger partial charge in [-0.3, -0.25) is 4.90 Å². The quantitative estimate of drug-likeness (QED) is 0.587. The van der Waals surface area contributed by atoms with Gasteiger partial charge in [0.15, 0.2) is 0 Å². The highest BCUT2D eigenvalue weighted by molar-refractivity contribution is 4.66. The predicted molar refractivity (Wildman–Crippen MR) is 47.1 cm³/mol. The zero-order valence-corrected chi connectivity index (χ0v) is 7.53. The molecule has 4 nitrogen and oxygen atoms in total. The molecule has 0 saturated carbocycles. The fourth-order valence-electron chi connectivity index (χ4n) is 1.41. The van der Waals surface area contributed by atoms with E-state index < -0.39 is 0 Å². The molecule has 4 heteroatoms. The van der Waals surface area contributed by atoms with Crippen LogP contribution in [0.25, 0.3) is 0 Å². The molecule has 70 valence electrons. The Morgan fingerprint density at radius 3 is 2.75 bits per heavy atom. The lowest BCUT2D eigenvalue weighted by Gasteiger charge is -2.28. The number of hydrogen-bond acceptors (Lipinski definition) is 4. The van der Waals surface area contributed by atoms with Crippen LogP contribution in [0.15, 0.2) is 5.18 Å². The third-order valence-electron chi connectivity index (χ3n) is 2.06. The van der Waals surface area contributed by atoms with E-state index in [1.54, 1.807) is 0 Å². The van der Waals surface area contributed by atoms with Crippen LogP contribution < -0.4 is 0 Å². The first-order valence-electron chi connectivity index (χ1n) is 4.42. The van der Waals surface area contributed by atoms with Crippen LogP contribution in [0, 0.1) is 10.8 Å². The second kappa shape index (κ2) is 5.22. The maximum absolute atomic E-state index is 9.96. The Kier molecular flexibility index (Phi) is 4.18. The van der Waals surface area contributed by atoms with Crippen LogP contribution in [0.5, 0.6) is 0 Å². The van der Waals surface area contributed by atoms with Gasteiger partial charge in [0.25, 0.3) is 0 Å². The van der Waals surface area contributed by atoms with Crippen molar-refractivity contribution in [3.05, 3.63) is 4.91 Å². The van der Waals surface area contributed by atoms with E-state index in [1.807, 2.05) is 0 Å². The maximum atomic E-state index is 9.96. The maximum Gasteiger partial charge on any atom is 0.0848 e. The zero-order valence-electron chi connectivity index (χ0n) is 7.53. The van der Waals surface area contributed by atoms with Crippen molar-refractivity contribution in [3.63, 3.8) is 0 Å². The van der Waals surface area contributed by atoms with Gasteiger partial charge in [0.2, 0.25) is 0 Å². The Morgan fingerprint density at radius 1 is 1.50 bits per heavy atom. The van der Waals surface area contributed by atoms with Gasteiger partial charge in [-0.15, -0.1) is 0 Å². The van der Waals surface area contributed by atoms with E-state index in [0.717, 1.165) is 32.8 Å². The van der Waals surface area contributed by atoms with Crippen LogP contribution in [0.4, 0.5) is 0 Å². The van der Waals surface area contributed by atoms with Crippen molar-refractivity contribution >= 4 is 0 Å². The third kappa shape index (κ3) is 3.28. The van der Waals surface area contributed by atoms with Gasteiger partial charge < -0.3 is 4.74 Å². The SMILES string of the molecule is CC(CN=O)CN1CCOCC1. The highest BCUT2D eigenvalue weighted by atomic mass is 16.5. The molecule has 0 N–H and O–H groups in total. The summed E-state index contributed by atoms with van der Waals surface area (Å²) in [5.74, 6) is 0.376. The van der Waals surface area contributed by atoms with Gasteiger partial charge in [-0.1, -0.05) is 12.1 Å². The number of ether oxygens (including phenoxy) is 1. The minimum absolute atomic E-state index is 0.376. The summed E-state index contributed by atoms with van der Waals surface area (Å²) in [5, 5.41) is 2.89. The van der Waals surface area contributed by atoms with E-state index >= 15 is 0 Å². The first-order chi connectivity index (χ1) is 5.83. The number of nitrogens with zero attached hydrogens (tertiary/aromatic N) is 2. The van der Waals surface area contributed by atoms with Crippen molar-refractivity contribution < 1.29 is 4.74 Å². The predicted octanol–water partition coefficient (Wildman–Crippen LogP) is 0.721. The minimum atomic E-state index is 0.376. The van der Waals surface area contributed by atoms with Crippen molar-refractivity contribution in [1.82, 2.24) is 4.90 Å². The second-order valence-corrected chi connectivity index (χ2v) is 3.33. The van der Waals surface area contributed by atoms with E-state index in [4.69, 9.17) is 4.74 Å². The smallest absolute Gasteiger partial charge is 0.0848 e. The monoisotopic (exact) mass is 172 g/mol. The van der Waals surface area contributed by atoms with Crippen molar-refractivity contribution in [2.24, 2.45) is 11.1 Å². The fourth-order valence-corrected chi connectivity index (χ4v) is 1.41. The number of rotatable bonds is 4. The van der Waals surface area contributed by atoms with Crippen LogP contribution in [-0.2, 0) is 4.74 Å². The molecule has 1 rings (SSSR count). The largest absolute Gasteiger partial charge is 0.379 e. The Balaban J connectivity index is 2.15. The second-order valence-electron chi connectivity index (χ2n) is 3.33. The summed E-state index contributed by atoms with van der Waals surface area (Å²) in [7, 11) is 0. The molecule has 1 aliphatic rings. The van der Waals surface area contributed by atoms with E-state index in [9.17, 15) is 4.91 Å². The molecule has 0 amide bonds. The van der Waals surface area contributed by atoms with Crippen LogP contribution in [-0.4, -0.2) is 44.3 Å². The van der Waals surface area contributed by atoms with Gasteiger partial charge in [-0.2, -0.15) is 4.91 Å². The summed E-state index contributed by atoms with van der Waals surface area (Å²) in [6.07, 6.45) is 0. The van der Waals surface area contributed by atoms with Gasteiger partial charge in [-0.25, -0.2) is 0 Å². The normalized spacial score (nSPS) is 22.1. The molecule has 12 heavy (non-hydrogen) atoms. The fraction of sp³-hybridized carbons (Fsp3) is 1.00. The molecule has 1 aliphatic heterocycles. The average molecular weight is 172 g/mol. The molecule has 1 saturated heterocycles. The molecule has 1 atom stereocenters. The van der Waals surface area contributed by atoms with Gasteiger partial charge in [0, 0.05) is 19.6 Å². The molecule has 0 aliphatic carbocycles. The summed E-state index contributed by atoms with van der Waals surface area (Å²) in [4.78, 5) is 12.3. The highest BCUT2D eigenvalue weighted by Gasteiger charge is 2.13. The topological polar surface area (TPSA) is 41.9 Å². The summed E-state index contributed by atoms with van der Waals surface area (Å²) in [5.41, 5.74) is 0. The van der Waals surface area contributed by atoms with Gasteiger partial charge in [0.1, 0.15) is 0 Å². The van der Waals surface area contributed by atoms with Crippen LogP contribution in [0.1, 0.15) is 6.92 Å².